The second kappa shape index (κ2) is 9.84. The van der Waals surface area contributed by atoms with Gasteiger partial charge in [-0.15, -0.1) is 0 Å². The van der Waals surface area contributed by atoms with Crippen molar-refractivity contribution in [2.45, 2.75) is 64.0 Å². The van der Waals surface area contributed by atoms with E-state index in [4.69, 9.17) is 7.48 Å². The Labute approximate surface area is 188 Å². The molecule has 0 bridgehead atoms. The van der Waals surface area contributed by atoms with Crippen molar-refractivity contribution in [2.24, 2.45) is 5.41 Å². The van der Waals surface area contributed by atoms with Crippen LogP contribution in [0.2, 0.25) is 0 Å². The van der Waals surface area contributed by atoms with E-state index in [9.17, 15) is 15.0 Å². The van der Waals surface area contributed by atoms with E-state index < -0.39 is 29.5 Å². The van der Waals surface area contributed by atoms with E-state index >= 15 is 0 Å². The number of aliphatic hydroxyl groups is 2. The molecule has 5 heteroatoms. The van der Waals surface area contributed by atoms with Gasteiger partial charge in [0.05, 0.1) is 33.5 Å². The molecule has 1 amide bonds. The van der Waals surface area contributed by atoms with Gasteiger partial charge >= 0.3 is 0 Å². The molecule has 2 atom stereocenters. The maximum atomic E-state index is 13.0. The first-order valence-corrected chi connectivity index (χ1v) is 10.9. The molecule has 5 nitrogen and oxygen atoms in total. The van der Waals surface area contributed by atoms with Crippen LogP contribution in [0.15, 0.2) is 54.6 Å². The zero-order chi connectivity index (χ0) is 24.3. The molecule has 3 N–H and O–H groups in total. The van der Waals surface area contributed by atoms with Crippen LogP contribution in [-0.4, -0.2) is 34.9 Å². The van der Waals surface area contributed by atoms with E-state index in [1.54, 1.807) is 50.2 Å². The lowest BCUT2D eigenvalue weighted by Crippen LogP contribution is -2.44. The Morgan fingerprint density at radius 3 is 2.29 bits per heavy atom. The molecule has 0 aliphatic heterocycles. The van der Waals surface area contributed by atoms with Gasteiger partial charge in [-0.3, -0.25) is 4.79 Å². The average Bonchev–Trinajstić information content (AvgIpc) is 3.22. The summed E-state index contributed by atoms with van der Waals surface area (Å²) in [6.45, 7) is 3.00. The molecule has 0 spiro atoms. The van der Waals surface area contributed by atoms with Crippen molar-refractivity contribution in [1.82, 2.24) is 5.32 Å². The van der Waals surface area contributed by atoms with Crippen LogP contribution in [0.25, 0.3) is 0 Å². The topological polar surface area (TPSA) is 78.8 Å². The molecular weight excluding hydrogens is 390 g/mol. The Hall–Kier alpha value is -2.37. The van der Waals surface area contributed by atoms with Gasteiger partial charge in [0.25, 0.3) is 0 Å². The van der Waals surface area contributed by atoms with Crippen molar-refractivity contribution in [2.75, 3.05) is 13.2 Å². The minimum absolute atomic E-state index is 0.352. The molecule has 1 fully saturated rings. The third kappa shape index (κ3) is 6.08. The monoisotopic (exact) mass is 427 g/mol. The first-order chi connectivity index (χ1) is 15.5. The fraction of sp³-hybridized carbons (Fsp3) is 0.500. The second-order valence-corrected chi connectivity index (χ2v) is 9.28. The second-order valence-electron chi connectivity index (χ2n) is 9.28. The standard InChI is InChI=1S/C26H35NO4/c1-25(2,30)23(27-24(29)22(17-28)19-9-5-4-6-10-19)20-11-13-21(14-12-20)31-18-26(3)15-7-8-16-26/h4-6,9-14,22-23,28,30H,7-8,15-18H2,1-3H3,(H,27,29)/t22-,23+/m0/s1/i18D2. The van der Waals surface area contributed by atoms with Crippen LogP contribution in [0.4, 0.5) is 0 Å². The molecule has 31 heavy (non-hydrogen) atoms. The molecule has 168 valence electrons. The average molecular weight is 428 g/mol. The Kier molecular flexibility index (Phi) is 6.51. The van der Waals surface area contributed by atoms with E-state index in [2.05, 4.69) is 5.32 Å². The maximum absolute atomic E-state index is 13.0. The highest BCUT2D eigenvalue weighted by Gasteiger charge is 2.33. The summed E-state index contributed by atoms with van der Waals surface area (Å²) in [6, 6.07) is 15.1. The summed E-state index contributed by atoms with van der Waals surface area (Å²) in [7, 11) is 0. The maximum Gasteiger partial charge on any atom is 0.230 e. The number of ether oxygens (including phenoxy) is 1. The molecular formula is C26H35NO4. The van der Waals surface area contributed by atoms with Crippen LogP contribution in [0.1, 0.15) is 72.3 Å². The summed E-state index contributed by atoms with van der Waals surface area (Å²) < 4.78 is 22.7. The molecule has 1 aliphatic rings. The number of carbonyl (C=O) groups is 1. The predicted molar refractivity (Wildman–Crippen MR) is 122 cm³/mol. The Morgan fingerprint density at radius 1 is 1.13 bits per heavy atom. The third-order valence-corrected chi connectivity index (χ3v) is 6.03. The highest BCUT2D eigenvalue weighted by atomic mass is 16.5. The largest absolute Gasteiger partial charge is 0.493 e. The van der Waals surface area contributed by atoms with Crippen LogP contribution in [0.3, 0.4) is 0 Å². The van der Waals surface area contributed by atoms with Crippen molar-refractivity contribution in [3.63, 3.8) is 0 Å². The SMILES string of the molecule is [2H]C([2H])(Oc1ccc([C@@H](NC(=O)[C@@H](CO)c2ccccc2)C(C)(C)O)cc1)C1(C)CCCC1. The molecule has 1 aliphatic carbocycles. The number of aliphatic hydroxyl groups excluding tert-OH is 1. The van der Waals surface area contributed by atoms with Crippen molar-refractivity contribution in [3.8, 4) is 5.75 Å². The molecule has 0 unspecified atom stereocenters. The summed E-state index contributed by atoms with van der Waals surface area (Å²) in [5.41, 5.74) is -0.453. The molecule has 0 aromatic heterocycles. The summed E-state index contributed by atoms with van der Waals surface area (Å²) in [4.78, 5) is 13.0. The van der Waals surface area contributed by atoms with Gasteiger partial charge in [-0.1, -0.05) is 62.2 Å². The number of carbonyl (C=O) groups excluding carboxylic acids is 1. The molecule has 1 saturated carbocycles. The van der Waals surface area contributed by atoms with Crippen molar-refractivity contribution in [3.05, 3.63) is 65.7 Å². The van der Waals surface area contributed by atoms with Crippen LogP contribution in [0.5, 0.6) is 5.75 Å². The van der Waals surface area contributed by atoms with Crippen LogP contribution in [-0.2, 0) is 4.79 Å². The Balaban J connectivity index is 1.77. The van der Waals surface area contributed by atoms with Crippen LogP contribution < -0.4 is 10.1 Å². The summed E-state index contributed by atoms with van der Waals surface area (Å²) >= 11 is 0. The summed E-state index contributed by atoms with van der Waals surface area (Å²) in [6.07, 6.45) is 3.59. The van der Waals surface area contributed by atoms with Crippen molar-refractivity contribution >= 4 is 5.91 Å². The van der Waals surface area contributed by atoms with Gasteiger partial charge in [0.1, 0.15) is 5.75 Å². The van der Waals surface area contributed by atoms with Gasteiger partial charge in [-0.05, 0) is 49.9 Å². The Bertz CT molecular complexity index is 920. The fourth-order valence-corrected chi connectivity index (χ4v) is 4.10. The number of benzene rings is 2. The number of rotatable bonds is 9. The van der Waals surface area contributed by atoms with E-state index in [0.29, 0.717) is 16.9 Å². The van der Waals surface area contributed by atoms with E-state index in [1.165, 1.54) is 0 Å². The van der Waals surface area contributed by atoms with Crippen molar-refractivity contribution < 1.29 is 22.5 Å². The minimum Gasteiger partial charge on any atom is -0.493 e. The highest BCUT2D eigenvalue weighted by molar-refractivity contribution is 5.84. The normalized spacial score (nSPS) is 19.1. The minimum atomic E-state index is -1.79. The van der Waals surface area contributed by atoms with Gasteiger partial charge in [0, 0.05) is 5.41 Å². The van der Waals surface area contributed by atoms with Gasteiger partial charge < -0.3 is 20.3 Å². The van der Waals surface area contributed by atoms with E-state index in [0.717, 1.165) is 25.7 Å². The zero-order valence-electron chi connectivity index (χ0n) is 20.6. The van der Waals surface area contributed by atoms with E-state index in [-0.39, 0.29) is 12.5 Å². The van der Waals surface area contributed by atoms with Gasteiger partial charge in [-0.2, -0.15) is 0 Å². The van der Waals surface area contributed by atoms with Gasteiger partial charge in [0.15, 0.2) is 0 Å². The van der Waals surface area contributed by atoms with Crippen LogP contribution >= 0.6 is 0 Å². The quantitative estimate of drug-likeness (QED) is 0.556. The number of hydrogen-bond acceptors (Lipinski definition) is 4. The zero-order valence-corrected chi connectivity index (χ0v) is 18.6. The van der Waals surface area contributed by atoms with Gasteiger partial charge in [0.2, 0.25) is 5.91 Å². The molecule has 2 aromatic rings. The third-order valence-electron chi connectivity index (χ3n) is 6.03. The summed E-state index contributed by atoms with van der Waals surface area (Å²) in [5.74, 6) is -0.741. The molecule has 0 heterocycles. The summed E-state index contributed by atoms with van der Waals surface area (Å²) in [5, 5.41) is 23.5. The molecule has 2 aromatic carbocycles. The lowest BCUT2D eigenvalue weighted by atomic mass is 9.90. The van der Waals surface area contributed by atoms with Crippen LogP contribution in [0, 0.1) is 5.41 Å². The van der Waals surface area contributed by atoms with Gasteiger partial charge in [-0.25, -0.2) is 0 Å². The first kappa shape index (κ1) is 20.5. The Morgan fingerprint density at radius 2 is 1.74 bits per heavy atom. The lowest BCUT2D eigenvalue weighted by Gasteiger charge is -2.32. The number of amides is 1. The lowest BCUT2D eigenvalue weighted by molar-refractivity contribution is -0.126. The predicted octanol–water partition coefficient (Wildman–Crippen LogP) is 4.35. The molecule has 3 rings (SSSR count). The first-order valence-electron chi connectivity index (χ1n) is 11.9. The highest BCUT2D eigenvalue weighted by Crippen LogP contribution is 2.38. The smallest absolute Gasteiger partial charge is 0.230 e. The number of nitrogens with one attached hydrogen (secondary N) is 1. The van der Waals surface area contributed by atoms with Crippen molar-refractivity contribution in [1.29, 1.82) is 0 Å². The molecule has 0 radical (unpaired) electrons. The molecule has 0 saturated heterocycles. The number of hydrogen-bond donors (Lipinski definition) is 3. The van der Waals surface area contributed by atoms with E-state index in [1.807, 2.05) is 25.1 Å². The fourth-order valence-electron chi connectivity index (χ4n) is 4.10.